The second-order valence-electron chi connectivity index (χ2n) is 5.04. The zero-order valence-electron chi connectivity index (χ0n) is 12.4. The largest absolute Gasteiger partial charge is 0.479 e. The molecule has 1 aromatic heterocycles. The molecule has 0 aliphatic heterocycles. The Labute approximate surface area is 132 Å². The molecule has 23 heavy (non-hydrogen) atoms. The van der Waals surface area contributed by atoms with Crippen molar-refractivity contribution >= 4 is 11.7 Å². The molecule has 3 rings (SSSR count). The number of benzene rings is 2. The van der Waals surface area contributed by atoms with Crippen LogP contribution in [0.1, 0.15) is 17.5 Å². The van der Waals surface area contributed by atoms with Crippen molar-refractivity contribution < 1.29 is 14.4 Å². The predicted molar refractivity (Wildman–Crippen MR) is 84.9 cm³/mol. The summed E-state index contributed by atoms with van der Waals surface area (Å²) in [4.78, 5) is 15.7. The van der Waals surface area contributed by atoms with E-state index in [4.69, 9.17) is 4.52 Å². The van der Waals surface area contributed by atoms with Crippen molar-refractivity contribution in [2.24, 2.45) is 0 Å². The number of nitrogens with one attached hydrogen (secondary N) is 1. The summed E-state index contributed by atoms with van der Waals surface area (Å²) in [6, 6.07) is 15.4. The van der Waals surface area contributed by atoms with Gasteiger partial charge in [0.25, 0.3) is 0 Å². The average Bonchev–Trinajstić information content (AvgIpc) is 3.00. The highest BCUT2D eigenvalue weighted by Gasteiger charge is 2.19. The third kappa shape index (κ3) is 3.37. The fourth-order valence-electron chi connectivity index (χ4n) is 2.26. The maximum atomic E-state index is 11.6. The lowest BCUT2D eigenvalue weighted by molar-refractivity contribution is -0.138. The van der Waals surface area contributed by atoms with Crippen LogP contribution in [0, 0.1) is 6.92 Å². The van der Waals surface area contributed by atoms with Crippen molar-refractivity contribution in [1.82, 2.24) is 10.1 Å². The molecule has 2 N–H and O–H groups in total. The second kappa shape index (κ2) is 6.31. The summed E-state index contributed by atoms with van der Waals surface area (Å²) in [7, 11) is 0. The van der Waals surface area contributed by atoms with Gasteiger partial charge in [0.05, 0.1) is 0 Å². The lowest BCUT2D eigenvalue weighted by Crippen LogP contribution is -2.20. The lowest BCUT2D eigenvalue weighted by Gasteiger charge is -2.16. The molecule has 0 aliphatic rings. The lowest BCUT2D eigenvalue weighted by atomic mass is 10.1. The second-order valence-corrected chi connectivity index (χ2v) is 5.04. The van der Waals surface area contributed by atoms with E-state index >= 15 is 0 Å². The maximum absolute atomic E-state index is 11.6. The van der Waals surface area contributed by atoms with Gasteiger partial charge < -0.3 is 14.9 Å². The Kier molecular flexibility index (Phi) is 4.05. The molecule has 0 saturated heterocycles. The minimum absolute atomic E-state index is 0.470. The molecule has 2 aromatic carbocycles. The van der Waals surface area contributed by atoms with Crippen LogP contribution in [0.3, 0.4) is 0 Å². The number of nitrogens with zero attached hydrogens (tertiary/aromatic N) is 2. The van der Waals surface area contributed by atoms with Gasteiger partial charge in [0.2, 0.25) is 11.7 Å². The number of anilines is 1. The first-order valence-corrected chi connectivity index (χ1v) is 7.08. The van der Waals surface area contributed by atoms with Crippen molar-refractivity contribution in [3.05, 3.63) is 66.1 Å². The van der Waals surface area contributed by atoms with Gasteiger partial charge in [-0.1, -0.05) is 47.6 Å². The molecule has 0 saturated carbocycles. The highest BCUT2D eigenvalue weighted by atomic mass is 16.5. The molecular formula is C17H15N3O3. The smallest absolute Gasteiger partial charge is 0.330 e. The van der Waals surface area contributed by atoms with Crippen LogP contribution >= 0.6 is 0 Å². The van der Waals surface area contributed by atoms with Crippen LogP contribution in [0.15, 0.2) is 59.1 Å². The first-order chi connectivity index (χ1) is 11.1. The fourth-order valence-corrected chi connectivity index (χ4v) is 2.26. The van der Waals surface area contributed by atoms with E-state index < -0.39 is 12.0 Å². The number of hydrogen-bond acceptors (Lipinski definition) is 5. The van der Waals surface area contributed by atoms with E-state index in [0.717, 1.165) is 5.56 Å². The Morgan fingerprint density at radius 3 is 2.61 bits per heavy atom. The molecular weight excluding hydrogens is 294 g/mol. The SMILES string of the molecule is Cc1nc(-c2cccc(NC(C(=O)O)c3ccccc3)c2)no1. The van der Waals surface area contributed by atoms with Gasteiger partial charge in [-0.15, -0.1) is 0 Å². The summed E-state index contributed by atoms with van der Waals surface area (Å²) in [5.41, 5.74) is 2.10. The predicted octanol–water partition coefficient (Wildman–Crippen LogP) is 3.28. The quantitative estimate of drug-likeness (QED) is 0.752. The summed E-state index contributed by atoms with van der Waals surface area (Å²) < 4.78 is 4.97. The molecule has 6 nitrogen and oxygen atoms in total. The van der Waals surface area contributed by atoms with Gasteiger partial charge in [0.15, 0.2) is 6.04 Å². The first kappa shape index (κ1) is 14.8. The number of aromatic nitrogens is 2. The van der Waals surface area contributed by atoms with E-state index in [1.165, 1.54) is 0 Å². The minimum Gasteiger partial charge on any atom is -0.479 e. The fraction of sp³-hybridized carbons (Fsp3) is 0.118. The van der Waals surface area contributed by atoms with Crippen LogP contribution in [-0.4, -0.2) is 21.2 Å². The molecule has 0 amide bonds. The molecule has 0 spiro atoms. The van der Waals surface area contributed by atoms with E-state index in [-0.39, 0.29) is 0 Å². The monoisotopic (exact) mass is 309 g/mol. The number of carboxylic acid groups (broad SMARTS) is 1. The van der Waals surface area contributed by atoms with Crippen LogP contribution in [0.2, 0.25) is 0 Å². The third-order valence-corrected chi connectivity index (χ3v) is 3.34. The van der Waals surface area contributed by atoms with Gasteiger partial charge in [-0.25, -0.2) is 4.79 Å². The summed E-state index contributed by atoms with van der Waals surface area (Å²) in [6.07, 6.45) is 0. The number of aliphatic carboxylic acids is 1. The Bertz CT molecular complexity index is 815. The Morgan fingerprint density at radius 2 is 1.96 bits per heavy atom. The highest BCUT2D eigenvalue weighted by Crippen LogP contribution is 2.24. The van der Waals surface area contributed by atoms with Gasteiger partial charge in [0, 0.05) is 18.2 Å². The van der Waals surface area contributed by atoms with Gasteiger partial charge in [-0.05, 0) is 17.7 Å². The van der Waals surface area contributed by atoms with Crippen LogP contribution < -0.4 is 5.32 Å². The number of aryl methyl sites for hydroxylation is 1. The molecule has 0 radical (unpaired) electrons. The molecule has 3 aromatic rings. The number of rotatable bonds is 5. The first-order valence-electron chi connectivity index (χ1n) is 7.08. The molecule has 116 valence electrons. The number of carboxylic acids is 1. The van der Waals surface area contributed by atoms with E-state index in [1.807, 2.05) is 30.3 Å². The zero-order chi connectivity index (χ0) is 16.2. The molecule has 0 bridgehead atoms. The zero-order valence-corrected chi connectivity index (χ0v) is 12.4. The average molecular weight is 309 g/mol. The number of carbonyl (C=O) groups is 1. The van der Waals surface area contributed by atoms with E-state index in [2.05, 4.69) is 15.5 Å². The Morgan fingerprint density at radius 1 is 1.17 bits per heavy atom. The standard InChI is InChI=1S/C17H15N3O3/c1-11-18-16(20-23-11)13-8-5-9-14(10-13)19-15(17(21)22)12-6-3-2-4-7-12/h2-10,15,19H,1H3,(H,21,22). The summed E-state index contributed by atoms with van der Waals surface area (Å²) in [6.45, 7) is 1.72. The molecule has 1 heterocycles. The normalized spacial score (nSPS) is 11.9. The number of hydrogen-bond donors (Lipinski definition) is 2. The van der Waals surface area contributed by atoms with Gasteiger partial charge >= 0.3 is 5.97 Å². The van der Waals surface area contributed by atoms with Crippen molar-refractivity contribution in [2.75, 3.05) is 5.32 Å². The van der Waals surface area contributed by atoms with Crippen molar-refractivity contribution in [3.8, 4) is 11.4 Å². The molecule has 0 aliphatic carbocycles. The van der Waals surface area contributed by atoms with Gasteiger partial charge in [-0.3, -0.25) is 0 Å². The summed E-state index contributed by atoms with van der Waals surface area (Å²) in [5.74, 6) is 0.000745. The molecule has 6 heteroatoms. The summed E-state index contributed by atoms with van der Waals surface area (Å²) >= 11 is 0. The Hall–Kier alpha value is -3.15. The van der Waals surface area contributed by atoms with Crippen molar-refractivity contribution in [2.45, 2.75) is 13.0 Å². The van der Waals surface area contributed by atoms with E-state index in [1.54, 1.807) is 31.2 Å². The highest BCUT2D eigenvalue weighted by molar-refractivity contribution is 5.79. The van der Waals surface area contributed by atoms with E-state index in [9.17, 15) is 9.90 Å². The van der Waals surface area contributed by atoms with Crippen molar-refractivity contribution in [3.63, 3.8) is 0 Å². The van der Waals surface area contributed by atoms with Gasteiger partial charge in [-0.2, -0.15) is 4.98 Å². The van der Waals surface area contributed by atoms with Crippen molar-refractivity contribution in [1.29, 1.82) is 0 Å². The minimum atomic E-state index is -0.947. The van der Waals surface area contributed by atoms with Crippen LogP contribution in [-0.2, 0) is 4.79 Å². The molecule has 1 unspecified atom stereocenters. The molecule has 0 fully saturated rings. The topological polar surface area (TPSA) is 88.2 Å². The van der Waals surface area contributed by atoms with Crippen LogP contribution in [0.5, 0.6) is 0 Å². The molecule has 1 atom stereocenters. The van der Waals surface area contributed by atoms with Gasteiger partial charge in [0.1, 0.15) is 0 Å². The third-order valence-electron chi connectivity index (χ3n) is 3.34. The Balaban J connectivity index is 1.88. The summed E-state index contributed by atoms with van der Waals surface area (Å²) in [5, 5.41) is 16.4. The van der Waals surface area contributed by atoms with Crippen LogP contribution in [0.4, 0.5) is 5.69 Å². The maximum Gasteiger partial charge on any atom is 0.330 e. The van der Waals surface area contributed by atoms with Crippen LogP contribution in [0.25, 0.3) is 11.4 Å². The van der Waals surface area contributed by atoms with E-state index in [0.29, 0.717) is 23.0 Å².